The van der Waals surface area contributed by atoms with E-state index in [2.05, 4.69) is 42.2 Å². The van der Waals surface area contributed by atoms with Crippen molar-refractivity contribution in [3.8, 4) is 10.6 Å². The number of nitrogens with zero attached hydrogens (tertiary/aromatic N) is 3. The topological polar surface area (TPSA) is 53.5 Å². The normalized spacial score (nSPS) is 18.8. The van der Waals surface area contributed by atoms with Gasteiger partial charge in [0.2, 0.25) is 5.91 Å². The number of carbonyl (C=O) groups is 2. The molecule has 3 heterocycles. The Morgan fingerprint density at radius 3 is 2.58 bits per heavy atom. The van der Waals surface area contributed by atoms with Gasteiger partial charge in [-0.2, -0.15) is 0 Å². The van der Waals surface area contributed by atoms with Gasteiger partial charge in [0.15, 0.2) is 0 Å². The zero-order valence-electron chi connectivity index (χ0n) is 18.3. The summed E-state index contributed by atoms with van der Waals surface area (Å²) in [5.41, 5.74) is 6.40. The summed E-state index contributed by atoms with van der Waals surface area (Å²) >= 11 is 1.65. The Kier molecular flexibility index (Phi) is 4.85. The molecule has 1 unspecified atom stereocenters. The van der Waals surface area contributed by atoms with E-state index in [0.717, 1.165) is 33.8 Å². The first kappa shape index (κ1) is 20.3. The highest BCUT2D eigenvalue weighted by Gasteiger charge is 2.43. The minimum atomic E-state index is -0.391. The summed E-state index contributed by atoms with van der Waals surface area (Å²) in [6, 6.07) is 21.8. The van der Waals surface area contributed by atoms with E-state index in [1.54, 1.807) is 11.3 Å². The van der Waals surface area contributed by atoms with Crippen LogP contribution in [-0.4, -0.2) is 34.3 Å². The lowest BCUT2D eigenvalue weighted by molar-refractivity contribution is -0.123. The van der Waals surface area contributed by atoms with Crippen molar-refractivity contribution in [3.05, 3.63) is 83.4 Å². The fourth-order valence-electron chi connectivity index (χ4n) is 4.86. The SMILES string of the molecule is Cc1ccc2nc(-c3ccc(N4C(=O)CC(N5CCc6ccccc6C5)C4=O)cc3)sc2c1. The van der Waals surface area contributed by atoms with Crippen LogP contribution in [0.2, 0.25) is 0 Å². The van der Waals surface area contributed by atoms with Crippen molar-refractivity contribution in [1.29, 1.82) is 0 Å². The molecule has 33 heavy (non-hydrogen) atoms. The fraction of sp³-hybridized carbons (Fsp3) is 0.222. The Hall–Kier alpha value is -3.35. The number of rotatable bonds is 3. The summed E-state index contributed by atoms with van der Waals surface area (Å²) in [6.07, 6.45) is 1.14. The summed E-state index contributed by atoms with van der Waals surface area (Å²) in [5.74, 6) is -0.255. The number of imide groups is 1. The number of anilines is 1. The Morgan fingerprint density at radius 2 is 1.76 bits per heavy atom. The minimum Gasteiger partial charge on any atom is -0.287 e. The summed E-state index contributed by atoms with van der Waals surface area (Å²) in [6.45, 7) is 3.59. The number of hydrogen-bond donors (Lipinski definition) is 0. The van der Waals surface area contributed by atoms with E-state index in [1.807, 2.05) is 36.4 Å². The molecule has 0 N–H and O–H groups in total. The quantitative estimate of drug-likeness (QED) is 0.412. The minimum absolute atomic E-state index is 0.123. The molecular formula is C27H23N3O2S. The first-order chi connectivity index (χ1) is 16.1. The molecule has 3 aromatic carbocycles. The van der Waals surface area contributed by atoms with E-state index < -0.39 is 6.04 Å². The largest absolute Gasteiger partial charge is 0.287 e. The van der Waals surface area contributed by atoms with Crippen molar-refractivity contribution in [2.24, 2.45) is 0 Å². The van der Waals surface area contributed by atoms with Gasteiger partial charge in [0.05, 0.1) is 28.4 Å². The third-order valence-corrected chi connectivity index (χ3v) is 7.71. The number of fused-ring (bicyclic) bond motifs is 2. The molecule has 1 fully saturated rings. The lowest BCUT2D eigenvalue weighted by Gasteiger charge is -2.32. The average molecular weight is 454 g/mol. The van der Waals surface area contributed by atoms with Gasteiger partial charge in [0.1, 0.15) is 5.01 Å². The predicted octanol–water partition coefficient (Wildman–Crippen LogP) is 4.96. The van der Waals surface area contributed by atoms with Crippen LogP contribution >= 0.6 is 11.3 Å². The molecule has 1 atom stereocenters. The molecule has 6 heteroatoms. The Labute approximate surface area is 196 Å². The van der Waals surface area contributed by atoms with Crippen LogP contribution in [-0.2, 0) is 22.6 Å². The first-order valence-corrected chi connectivity index (χ1v) is 12.0. The van der Waals surface area contributed by atoms with Crippen LogP contribution in [0.1, 0.15) is 23.1 Å². The lowest BCUT2D eigenvalue weighted by Crippen LogP contribution is -2.44. The molecule has 6 rings (SSSR count). The second kappa shape index (κ2) is 7.90. The molecule has 0 spiro atoms. The number of hydrogen-bond acceptors (Lipinski definition) is 5. The van der Waals surface area contributed by atoms with Crippen LogP contribution in [0, 0.1) is 6.92 Å². The highest BCUT2D eigenvalue weighted by Crippen LogP contribution is 2.33. The predicted molar refractivity (Wildman–Crippen MR) is 131 cm³/mol. The van der Waals surface area contributed by atoms with Gasteiger partial charge in [0.25, 0.3) is 5.91 Å². The number of aromatic nitrogens is 1. The molecule has 2 aliphatic heterocycles. The molecule has 1 aromatic heterocycles. The van der Waals surface area contributed by atoms with Crippen LogP contribution in [0.25, 0.3) is 20.8 Å². The van der Waals surface area contributed by atoms with E-state index in [9.17, 15) is 9.59 Å². The maximum absolute atomic E-state index is 13.3. The van der Waals surface area contributed by atoms with Crippen LogP contribution in [0.5, 0.6) is 0 Å². The molecule has 0 aliphatic carbocycles. The van der Waals surface area contributed by atoms with Gasteiger partial charge in [-0.15, -0.1) is 11.3 Å². The Bertz CT molecular complexity index is 1390. The van der Waals surface area contributed by atoms with Gasteiger partial charge in [-0.1, -0.05) is 30.3 Å². The van der Waals surface area contributed by atoms with E-state index in [4.69, 9.17) is 4.98 Å². The van der Waals surface area contributed by atoms with E-state index >= 15 is 0 Å². The fourth-order valence-corrected chi connectivity index (χ4v) is 5.93. The zero-order chi connectivity index (χ0) is 22.5. The van der Waals surface area contributed by atoms with Gasteiger partial charge in [-0.05, 0) is 66.4 Å². The molecule has 1 saturated heterocycles. The molecule has 0 radical (unpaired) electrons. The second-order valence-electron chi connectivity index (χ2n) is 8.81. The maximum atomic E-state index is 13.3. The third-order valence-electron chi connectivity index (χ3n) is 6.64. The number of amides is 2. The van der Waals surface area contributed by atoms with Crippen LogP contribution in [0.4, 0.5) is 5.69 Å². The summed E-state index contributed by atoms with van der Waals surface area (Å²) < 4.78 is 1.16. The van der Waals surface area contributed by atoms with Crippen molar-refractivity contribution < 1.29 is 9.59 Å². The van der Waals surface area contributed by atoms with E-state index in [-0.39, 0.29) is 18.2 Å². The van der Waals surface area contributed by atoms with Crippen molar-refractivity contribution in [1.82, 2.24) is 9.88 Å². The molecular weight excluding hydrogens is 430 g/mol. The number of thiazole rings is 1. The number of benzene rings is 3. The van der Waals surface area contributed by atoms with E-state index in [1.165, 1.54) is 21.6 Å². The highest BCUT2D eigenvalue weighted by molar-refractivity contribution is 7.21. The van der Waals surface area contributed by atoms with Gasteiger partial charge in [-0.25, -0.2) is 9.88 Å². The molecule has 0 bridgehead atoms. The van der Waals surface area contributed by atoms with Gasteiger partial charge in [-0.3, -0.25) is 14.5 Å². The van der Waals surface area contributed by atoms with Gasteiger partial charge < -0.3 is 0 Å². The first-order valence-electron chi connectivity index (χ1n) is 11.2. The van der Waals surface area contributed by atoms with Crippen molar-refractivity contribution in [2.75, 3.05) is 11.4 Å². The molecule has 5 nitrogen and oxygen atoms in total. The van der Waals surface area contributed by atoms with Crippen LogP contribution in [0.3, 0.4) is 0 Å². The number of aryl methyl sites for hydroxylation is 1. The summed E-state index contributed by atoms with van der Waals surface area (Å²) in [7, 11) is 0. The number of carbonyl (C=O) groups excluding carboxylic acids is 2. The van der Waals surface area contributed by atoms with Crippen LogP contribution in [0.15, 0.2) is 66.7 Å². The highest BCUT2D eigenvalue weighted by atomic mass is 32.1. The second-order valence-corrected chi connectivity index (χ2v) is 9.84. The van der Waals surface area contributed by atoms with Crippen molar-refractivity contribution in [2.45, 2.75) is 32.4 Å². The van der Waals surface area contributed by atoms with E-state index in [0.29, 0.717) is 12.2 Å². The zero-order valence-corrected chi connectivity index (χ0v) is 19.1. The monoisotopic (exact) mass is 453 g/mol. The van der Waals surface area contributed by atoms with Crippen molar-refractivity contribution in [3.63, 3.8) is 0 Å². The van der Waals surface area contributed by atoms with Crippen molar-refractivity contribution >= 4 is 39.1 Å². The Balaban J connectivity index is 1.23. The molecule has 2 amide bonds. The maximum Gasteiger partial charge on any atom is 0.251 e. The molecule has 2 aliphatic rings. The van der Waals surface area contributed by atoms with Gasteiger partial charge >= 0.3 is 0 Å². The molecule has 4 aromatic rings. The third kappa shape index (κ3) is 3.56. The average Bonchev–Trinajstić information content (AvgIpc) is 3.38. The standard InChI is InChI=1S/C27H23N3O2S/c1-17-6-11-22-24(14-17)33-26(28-22)19-7-9-21(10-8-19)30-25(31)15-23(27(30)32)29-13-12-18-4-2-3-5-20(18)16-29/h2-11,14,23H,12-13,15-16H2,1H3. The Morgan fingerprint density at radius 1 is 0.970 bits per heavy atom. The van der Waals surface area contributed by atoms with Crippen LogP contribution < -0.4 is 4.90 Å². The molecule has 164 valence electrons. The van der Waals surface area contributed by atoms with Gasteiger partial charge in [0, 0.05) is 18.7 Å². The molecule has 0 saturated carbocycles. The smallest absolute Gasteiger partial charge is 0.251 e. The summed E-state index contributed by atoms with van der Waals surface area (Å²) in [5, 5.41) is 0.936. The summed E-state index contributed by atoms with van der Waals surface area (Å²) in [4.78, 5) is 34.4. The lowest BCUT2D eigenvalue weighted by atomic mass is 9.98.